The molecule has 0 radical (unpaired) electrons. The number of carbonyl (C=O) groups is 1. The summed E-state index contributed by atoms with van der Waals surface area (Å²) in [6.07, 6.45) is 38.0. The van der Waals surface area contributed by atoms with E-state index in [4.69, 9.17) is 28.4 Å². The van der Waals surface area contributed by atoms with Gasteiger partial charge in [0.1, 0.15) is 54.9 Å². The highest BCUT2D eigenvalue weighted by Crippen LogP contribution is 2.26. The second kappa shape index (κ2) is 42.7. The number of carbonyl (C=O) groups excluding carboxylic acids is 1. The van der Waals surface area contributed by atoms with E-state index < -0.39 is 86.7 Å². The Bertz CT molecular complexity index is 1480. The minimum Gasteiger partial charge on any atom is -0.457 e. The van der Waals surface area contributed by atoms with Gasteiger partial charge in [-0.05, 0) is 77.0 Å². The Labute approximate surface area is 420 Å². The van der Waals surface area contributed by atoms with Gasteiger partial charge in [0.25, 0.3) is 0 Å². The van der Waals surface area contributed by atoms with Crippen LogP contribution in [0.4, 0.5) is 0 Å². The Morgan fingerprint density at radius 2 is 0.929 bits per heavy atom. The van der Waals surface area contributed by atoms with Crippen molar-refractivity contribution in [2.24, 2.45) is 0 Å². The van der Waals surface area contributed by atoms with Crippen LogP contribution >= 0.6 is 0 Å². The molecule has 0 aromatic rings. The number of allylic oxidation sites excluding steroid dienone is 14. The number of unbranched alkanes of at least 4 members (excludes halogenated alkanes) is 13. The van der Waals surface area contributed by atoms with Gasteiger partial charge >= 0.3 is 5.97 Å². The highest BCUT2D eigenvalue weighted by molar-refractivity contribution is 5.69. The number of aliphatic hydroxyl groups excluding tert-OH is 7. The number of hydrogen-bond acceptors (Lipinski definition) is 14. The van der Waals surface area contributed by atoms with Crippen molar-refractivity contribution in [3.63, 3.8) is 0 Å². The Balaban J connectivity index is 1.80. The average molecular weight is 991 g/mol. The predicted octanol–water partition coefficient (Wildman–Crippen LogP) is 8.46. The highest BCUT2D eigenvalue weighted by Gasteiger charge is 2.47. The summed E-state index contributed by atoms with van der Waals surface area (Å²) >= 11 is 0. The fraction of sp³-hybridized carbons (Fsp3) is 0.732. The second-order valence-electron chi connectivity index (χ2n) is 18.3. The van der Waals surface area contributed by atoms with Gasteiger partial charge in [0, 0.05) is 13.0 Å². The zero-order chi connectivity index (χ0) is 50.9. The van der Waals surface area contributed by atoms with Crippen LogP contribution in [0.2, 0.25) is 0 Å². The molecule has 2 aliphatic heterocycles. The minimum absolute atomic E-state index is 0.0223. The summed E-state index contributed by atoms with van der Waals surface area (Å²) in [6, 6.07) is 0. The number of esters is 1. The molecule has 0 saturated carbocycles. The average Bonchev–Trinajstić information content (AvgIpc) is 3.36. The fourth-order valence-electron chi connectivity index (χ4n) is 7.83. The lowest BCUT2D eigenvalue weighted by molar-refractivity contribution is -0.332. The van der Waals surface area contributed by atoms with Crippen LogP contribution in [0.5, 0.6) is 0 Å². The van der Waals surface area contributed by atoms with Crippen LogP contribution in [0.25, 0.3) is 0 Å². The first kappa shape index (κ1) is 63.3. The van der Waals surface area contributed by atoms with E-state index in [2.05, 4.69) is 86.8 Å². The molecule has 0 bridgehead atoms. The third-order valence-electron chi connectivity index (χ3n) is 12.2. The molecule has 2 heterocycles. The van der Waals surface area contributed by atoms with Crippen molar-refractivity contribution in [2.75, 3.05) is 33.0 Å². The van der Waals surface area contributed by atoms with Gasteiger partial charge in [-0.3, -0.25) is 4.79 Å². The molecule has 70 heavy (non-hydrogen) atoms. The third kappa shape index (κ3) is 29.6. The Hall–Kier alpha value is -2.83. The molecular formula is C56H94O14. The summed E-state index contributed by atoms with van der Waals surface area (Å²) in [5, 5.41) is 72.2. The van der Waals surface area contributed by atoms with Crippen LogP contribution in [-0.4, -0.2) is 142 Å². The third-order valence-corrected chi connectivity index (χ3v) is 12.2. The molecule has 0 spiro atoms. The highest BCUT2D eigenvalue weighted by atomic mass is 16.7. The van der Waals surface area contributed by atoms with Crippen LogP contribution in [0, 0.1) is 0 Å². The molecule has 0 aromatic carbocycles. The quantitative estimate of drug-likeness (QED) is 0.0174. The zero-order valence-corrected chi connectivity index (χ0v) is 42.7. The van der Waals surface area contributed by atoms with Gasteiger partial charge in [0.05, 0.1) is 26.4 Å². The van der Waals surface area contributed by atoms with Gasteiger partial charge in [-0.2, -0.15) is 0 Å². The summed E-state index contributed by atoms with van der Waals surface area (Å²) in [7, 11) is 0. The molecule has 2 fully saturated rings. The summed E-state index contributed by atoms with van der Waals surface area (Å²) in [5.74, 6) is -0.462. The van der Waals surface area contributed by atoms with Crippen LogP contribution in [0.15, 0.2) is 85.1 Å². The lowest BCUT2D eigenvalue weighted by Gasteiger charge is -2.42. The van der Waals surface area contributed by atoms with Crippen molar-refractivity contribution in [2.45, 2.75) is 229 Å². The number of rotatable bonds is 41. The fourth-order valence-corrected chi connectivity index (χ4v) is 7.83. The number of aliphatic hydroxyl groups is 7. The summed E-state index contributed by atoms with van der Waals surface area (Å²) in [5.41, 5.74) is 0. The van der Waals surface area contributed by atoms with Crippen LogP contribution in [0.1, 0.15) is 162 Å². The van der Waals surface area contributed by atoms with Gasteiger partial charge in [0.2, 0.25) is 0 Å². The van der Waals surface area contributed by atoms with E-state index in [1.54, 1.807) is 0 Å². The van der Waals surface area contributed by atoms with E-state index in [1.165, 1.54) is 64.2 Å². The minimum atomic E-state index is -1.73. The normalized spacial score (nSPS) is 26.2. The first-order valence-electron chi connectivity index (χ1n) is 26.7. The van der Waals surface area contributed by atoms with Crippen LogP contribution in [-0.2, 0) is 33.2 Å². The molecule has 0 aliphatic carbocycles. The van der Waals surface area contributed by atoms with E-state index >= 15 is 0 Å². The van der Waals surface area contributed by atoms with Gasteiger partial charge in [-0.25, -0.2) is 0 Å². The molecule has 0 aromatic heterocycles. The number of ether oxygens (including phenoxy) is 6. The van der Waals surface area contributed by atoms with E-state index in [9.17, 15) is 40.5 Å². The monoisotopic (exact) mass is 991 g/mol. The number of hydrogen-bond donors (Lipinski definition) is 7. The van der Waals surface area contributed by atoms with E-state index in [1.807, 2.05) is 12.2 Å². The molecule has 2 rings (SSSR count). The first-order chi connectivity index (χ1) is 34.1. The SMILES string of the molecule is CC/C=C\C/C=C\C/C=C\C/C=C\C/C=C\C/C=C\CCC(=O)OC(COCCCCCCCC/C=C\CCCCCCCCC)COC1OC(COC2OC(CO)C(O)C(O)C2O)C(O)C(O)C1O. The van der Waals surface area contributed by atoms with Crippen LogP contribution in [0.3, 0.4) is 0 Å². The second-order valence-corrected chi connectivity index (χ2v) is 18.3. The molecule has 11 unspecified atom stereocenters. The molecule has 2 saturated heterocycles. The van der Waals surface area contributed by atoms with Gasteiger partial charge in [0.15, 0.2) is 12.6 Å². The first-order valence-corrected chi connectivity index (χ1v) is 26.7. The topological polar surface area (TPSA) is 214 Å². The molecule has 7 N–H and O–H groups in total. The summed E-state index contributed by atoms with van der Waals surface area (Å²) in [6.45, 7) is 3.44. The Kier molecular flexibility index (Phi) is 38.6. The molecule has 402 valence electrons. The maximum atomic E-state index is 13.0. The van der Waals surface area contributed by atoms with Crippen molar-refractivity contribution in [3.05, 3.63) is 85.1 Å². The maximum Gasteiger partial charge on any atom is 0.306 e. The van der Waals surface area contributed by atoms with Gasteiger partial charge in [-0.15, -0.1) is 0 Å². The molecule has 14 nitrogen and oxygen atoms in total. The van der Waals surface area contributed by atoms with Crippen molar-refractivity contribution in [3.8, 4) is 0 Å². The smallest absolute Gasteiger partial charge is 0.306 e. The Morgan fingerprint density at radius 1 is 0.486 bits per heavy atom. The van der Waals surface area contributed by atoms with Crippen molar-refractivity contribution < 1.29 is 69.0 Å². The standard InChI is InChI=1S/C56H94O14/c1-3-5-7-9-11-13-15-17-19-21-22-23-25-27-29-31-33-35-37-39-48(58)68-45(42-65-40-38-36-34-32-30-28-26-24-20-18-16-14-12-10-8-6-4-2)43-66-55-54(64)52(62)50(60)47(70-55)44-67-56-53(63)51(61)49(59)46(41-57)69-56/h5,7,11,13,17,19-20,22-24,27,29,33,35,45-47,49-57,59-64H,3-4,6,8-10,12,14-16,18,21,25-26,28,30-32,34,36-44H2,1-2H3/b7-5-,13-11-,19-17-,23-22-,24-20-,29-27-,35-33-. The molecule has 2 aliphatic rings. The van der Waals surface area contributed by atoms with Crippen molar-refractivity contribution in [1.82, 2.24) is 0 Å². The lowest BCUT2D eigenvalue weighted by Crippen LogP contribution is -2.61. The van der Waals surface area contributed by atoms with Crippen LogP contribution < -0.4 is 0 Å². The van der Waals surface area contributed by atoms with Gasteiger partial charge in [-0.1, -0.05) is 163 Å². The van der Waals surface area contributed by atoms with Crippen molar-refractivity contribution >= 4 is 5.97 Å². The predicted molar refractivity (Wildman–Crippen MR) is 275 cm³/mol. The summed E-state index contributed by atoms with van der Waals surface area (Å²) < 4.78 is 34.2. The lowest BCUT2D eigenvalue weighted by atomic mass is 9.98. The molecular weight excluding hydrogens is 897 g/mol. The Morgan fingerprint density at radius 3 is 1.46 bits per heavy atom. The molecule has 14 heteroatoms. The zero-order valence-electron chi connectivity index (χ0n) is 42.7. The summed E-state index contributed by atoms with van der Waals surface area (Å²) in [4.78, 5) is 13.0. The molecule has 0 amide bonds. The van der Waals surface area contributed by atoms with E-state index in [0.717, 1.165) is 70.6 Å². The van der Waals surface area contributed by atoms with Crippen molar-refractivity contribution in [1.29, 1.82) is 0 Å². The van der Waals surface area contributed by atoms with E-state index in [-0.39, 0.29) is 19.6 Å². The van der Waals surface area contributed by atoms with E-state index in [0.29, 0.717) is 13.0 Å². The molecule has 11 atom stereocenters. The van der Waals surface area contributed by atoms with Gasteiger partial charge < -0.3 is 64.2 Å². The largest absolute Gasteiger partial charge is 0.457 e. The maximum absolute atomic E-state index is 13.0.